The lowest BCUT2D eigenvalue weighted by Gasteiger charge is -2.34. The fourth-order valence-corrected chi connectivity index (χ4v) is 2.47. The second-order valence-corrected chi connectivity index (χ2v) is 4.62. The molecule has 1 fully saturated rings. The molecule has 0 saturated carbocycles. The van der Waals surface area contributed by atoms with E-state index < -0.39 is 5.67 Å². The molecule has 1 saturated heterocycles. The zero-order valence-corrected chi connectivity index (χ0v) is 9.54. The number of para-hydroxylation sites is 1. The van der Waals surface area contributed by atoms with E-state index in [0.29, 0.717) is 5.56 Å². The predicted octanol–water partition coefficient (Wildman–Crippen LogP) is 2.58. The Kier molecular flexibility index (Phi) is 3.15. The normalized spacial score (nSPS) is 21.6. The van der Waals surface area contributed by atoms with Crippen LogP contribution in [-0.4, -0.2) is 18.2 Å². The second-order valence-electron chi connectivity index (χ2n) is 4.62. The Balaban J connectivity index is 2.26. The van der Waals surface area contributed by atoms with Gasteiger partial charge in [0.2, 0.25) is 0 Å². The molecule has 0 radical (unpaired) electrons. The first-order valence-electron chi connectivity index (χ1n) is 5.80. The molecule has 1 heterocycles. The topological polar surface area (TPSA) is 32.3 Å². The first kappa shape index (κ1) is 11.4. The summed E-state index contributed by atoms with van der Waals surface area (Å²) in [6.07, 6.45) is 1.64. The first-order valence-corrected chi connectivity index (χ1v) is 5.80. The minimum atomic E-state index is -1.44. The van der Waals surface area contributed by atoms with E-state index in [1.54, 1.807) is 31.2 Å². The number of aromatic hydroxyl groups is 1. The number of rotatable bonds is 2. The van der Waals surface area contributed by atoms with Crippen LogP contribution >= 0.6 is 0 Å². The highest BCUT2D eigenvalue weighted by Gasteiger charge is 2.38. The number of phenolic OH excluding ortho intramolecular Hbond substituents is 1. The van der Waals surface area contributed by atoms with Crippen molar-refractivity contribution in [2.45, 2.75) is 25.4 Å². The third kappa shape index (κ3) is 2.05. The van der Waals surface area contributed by atoms with Crippen molar-refractivity contribution >= 4 is 0 Å². The molecule has 2 rings (SSSR count). The van der Waals surface area contributed by atoms with E-state index in [9.17, 15) is 9.50 Å². The number of halogens is 1. The Morgan fingerprint density at radius 2 is 1.94 bits per heavy atom. The Morgan fingerprint density at radius 1 is 1.31 bits per heavy atom. The molecule has 1 aliphatic heterocycles. The van der Waals surface area contributed by atoms with Crippen LogP contribution in [-0.2, 0) is 5.67 Å². The van der Waals surface area contributed by atoms with Crippen LogP contribution in [0, 0.1) is 5.92 Å². The number of phenols is 1. The van der Waals surface area contributed by atoms with Crippen LogP contribution in [0.3, 0.4) is 0 Å². The van der Waals surface area contributed by atoms with Crippen molar-refractivity contribution < 1.29 is 9.50 Å². The Bertz CT molecular complexity index is 359. The Labute approximate surface area is 95.5 Å². The van der Waals surface area contributed by atoms with Gasteiger partial charge in [0.1, 0.15) is 11.4 Å². The van der Waals surface area contributed by atoms with Crippen molar-refractivity contribution in [1.82, 2.24) is 5.32 Å². The second kappa shape index (κ2) is 4.42. The van der Waals surface area contributed by atoms with Crippen LogP contribution in [0.4, 0.5) is 4.39 Å². The maximum absolute atomic E-state index is 14.8. The average Bonchev–Trinajstić information content (AvgIpc) is 2.30. The van der Waals surface area contributed by atoms with Crippen molar-refractivity contribution in [2.75, 3.05) is 13.1 Å². The van der Waals surface area contributed by atoms with Gasteiger partial charge in [-0.3, -0.25) is 0 Å². The fraction of sp³-hybridized carbons (Fsp3) is 0.538. The van der Waals surface area contributed by atoms with Crippen molar-refractivity contribution in [3.63, 3.8) is 0 Å². The summed E-state index contributed by atoms with van der Waals surface area (Å²) in [5, 5.41) is 12.9. The Hall–Kier alpha value is -1.09. The van der Waals surface area contributed by atoms with E-state index in [4.69, 9.17) is 0 Å². The smallest absolute Gasteiger partial charge is 0.139 e. The van der Waals surface area contributed by atoms with Crippen LogP contribution in [0.1, 0.15) is 25.3 Å². The van der Waals surface area contributed by atoms with Gasteiger partial charge >= 0.3 is 0 Å². The summed E-state index contributed by atoms with van der Waals surface area (Å²) in [7, 11) is 0. The van der Waals surface area contributed by atoms with Crippen LogP contribution < -0.4 is 5.32 Å². The van der Waals surface area contributed by atoms with Crippen LogP contribution in [0.2, 0.25) is 0 Å². The lowest BCUT2D eigenvalue weighted by atomic mass is 9.79. The zero-order chi connectivity index (χ0) is 11.6. The monoisotopic (exact) mass is 223 g/mol. The van der Waals surface area contributed by atoms with Crippen LogP contribution in [0.15, 0.2) is 24.3 Å². The largest absolute Gasteiger partial charge is 0.508 e. The number of alkyl halides is 1. The molecule has 0 spiro atoms. The van der Waals surface area contributed by atoms with Crippen molar-refractivity contribution in [2.24, 2.45) is 5.92 Å². The van der Waals surface area contributed by atoms with Gasteiger partial charge in [-0.15, -0.1) is 0 Å². The quantitative estimate of drug-likeness (QED) is 0.807. The van der Waals surface area contributed by atoms with Crippen molar-refractivity contribution in [3.8, 4) is 5.75 Å². The average molecular weight is 223 g/mol. The van der Waals surface area contributed by atoms with Crippen molar-refractivity contribution in [3.05, 3.63) is 29.8 Å². The number of piperidine rings is 1. The van der Waals surface area contributed by atoms with Gasteiger partial charge in [0.05, 0.1) is 0 Å². The predicted molar refractivity (Wildman–Crippen MR) is 62.2 cm³/mol. The fourth-order valence-electron chi connectivity index (χ4n) is 2.47. The minimum absolute atomic E-state index is 0.0120. The first-order chi connectivity index (χ1) is 7.62. The third-order valence-electron chi connectivity index (χ3n) is 3.54. The van der Waals surface area contributed by atoms with E-state index in [0.717, 1.165) is 25.9 Å². The molecular weight excluding hydrogens is 205 g/mol. The van der Waals surface area contributed by atoms with Crippen molar-refractivity contribution in [1.29, 1.82) is 0 Å². The molecule has 0 amide bonds. The van der Waals surface area contributed by atoms with E-state index in [-0.39, 0.29) is 11.7 Å². The molecule has 1 aliphatic rings. The summed E-state index contributed by atoms with van der Waals surface area (Å²) in [5.74, 6) is 0.0492. The molecule has 0 bridgehead atoms. The summed E-state index contributed by atoms with van der Waals surface area (Å²) >= 11 is 0. The molecular formula is C13H18FNO. The molecule has 0 aromatic heterocycles. The van der Waals surface area contributed by atoms with Crippen LogP contribution in [0.5, 0.6) is 5.75 Å². The molecule has 1 aromatic rings. The molecule has 88 valence electrons. The van der Waals surface area contributed by atoms with Crippen LogP contribution in [0.25, 0.3) is 0 Å². The van der Waals surface area contributed by atoms with E-state index in [1.807, 2.05) is 0 Å². The number of benzene rings is 1. The van der Waals surface area contributed by atoms with Gasteiger partial charge in [0, 0.05) is 5.56 Å². The molecule has 1 atom stereocenters. The lowest BCUT2D eigenvalue weighted by molar-refractivity contribution is 0.0746. The van der Waals surface area contributed by atoms with E-state index in [1.165, 1.54) is 0 Å². The molecule has 2 N–H and O–H groups in total. The minimum Gasteiger partial charge on any atom is -0.508 e. The van der Waals surface area contributed by atoms with Gasteiger partial charge < -0.3 is 10.4 Å². The highest BCUT2D eigenvalue weighted by molar-refractivity contribution is 5.37. The van der Waals surface area contributed by atoms with E-state index in [2.05, 4.69) is 5.32 Å². The van der Waals surface area contributed by atoms with Gasteiger partial charge in [-0.25, -0.2) is 4.39 Å². The third-order valence-corrected chi connectivity index (χ3v) is 3.54. The molecule has 3 heteroatoms. The highest BCUT2D eigenvalue weighted by Crippen LogP contribution is 2.42. The molecule has 2 nitrogen and oxygen atoms in total. The summed E-state index contributed by atoms with van der Waals surface area (Å²) in [5.41, 5.74) is -1.02. The summed E-state index contributed by atoms with van der Waals surface area (Å²) in [4.78, 5) is 0. The number of nitrogens with one attached hydrogen (secondary N) is 1. The summed E-state index contributed by atoms with van der Waals surface area (Å²) < 4.78 is 14.8. The SMILES string of the molecule is CC(F)(c1ccccc1O)C1CCNCC1. The van der Waals surface area contributed by atoms with Gasteiger partial charge in [0.15, 0.2) is 0 Å². The maximum Gasteiger partial charge on any atom is 0.139 e. The van der Waals surface area contributed by atoms with Gasteiger partial charge in [-0.05, 0) is 44.8 Å². The number of hydrogen-bond donors (Lipinski definition) is 2. The standard InChI is InChI=1S/C13H18FNO/c1-13(14,10-6-8-15-9-7-10)11-4-2-3-5-12(11)16/h2-5,10,15-16H,6-9H2,1H3. The summed E-state index contributed by atoms with van der Waals surface area (Å²) in [6.45, 7) is 3.30. The van der Waals surface area contributed by atoms with Gasteiger partial charge in [0.25, 0.3) is 0 Å². The Morgan fingerprint density at radius 3 is 2.56 bits per heavy atom. The molecule has 16 heavy (non-hydrogen) atoms. The van der Waals surface area contributed by atoms with Gasteiger partial charge in [-0.1, -0.05) is 18.2 Å². The molecule has 0 aliphatic carbocycles. The molecule has 1 aromatic carbocycles. The van der Waals surface area contributed by atoms with Gasteiger partial charge in [-0.2, -0.15) is 0 Å². The zero-order valence-electron chi connectivity index (χ0n) is 9.54. The highest BCUT2D eigenvalue weighted by atomic mass is 19.1. The lowest BCUT2D eigenvalue weighted by Crippen LogP contribution is -2.37. The molecule has 1 unspecified atom stereocenters. The van der Waals surface area contributed by atoms with E-state index >= 15 is 0 Å². The maximum atomic E-state index is 14.8. The summed E-state index contributed by atoms with van der Waals surface area (Å²) in [6, 6.07) is 6.72. The number of hydrogen-bond acceptors (Lipinski definition) is 2.